The van der Waals surface area contributed by atoms with Crippen molar-refractivity contribution in [3.8, 4) is 0 Å². The van der Waals surface area contributed by atoms with E-state index >= 15 is 0 Å². The molecule has 2 N–H and O–H groups in total. The number of hydrogen-bond acceptors (Lipinski definition) is 4. The molecule has 0 heterocycles. The molecule has 0 aliphatic carbocycles. The van der Waals surface area contributed by atoms with E-state index in [1.807, 2.05) is 55.4 Å². The topological polar surface area (TPSA) is 58.2 Å². The molecule has 0 fully saturated rings. The largest absolute Gasteiger partial charge is 0.303 e. The minimum atomic E-state index is -0.210. The van der Waals surface area contributed by atoms with E-state index < -0.39 is 0 Å². The smallest absolute Gasteiger partial charge is 0.179 e. The van der Waals surface area contributed by atoms with E-state index in [2.05, 4.69) is 10.6 Å². The lowest BCUT2D eigenvalue weighted by Gasteiger charge is -2.25. The summed E-state index contributed by atoms with van der Waals surface area (Å²) < 4.78 is 0. The summed E-state index contributed by atoms with van der Waals surface area (Å²) >= 11 is 11.7. The van der Waals surface area contributed by atoms with Gasteiger partial charge in [0.25, 0.3) is 0 Å². The highest BCUT2D eigenvalue weighted by Crippen LogP contribution is 2.14. The van der Waals surface area contributed by atoms with Gasteiger partial charge in [-0.05, 0) is 79.7 Å². The van der Waals surface area contributed by atoms with Gasteiger partial charge in [-0.1, -0.05) is 47.5 Å². The molecule has 2 rings (SSSR count). The summed E-state index contributed by atoms with van der Waals surface area (Å²) in [6.45, 7) is 16.0. The molecule has 2 aromatic rings. The van der Waals surface area contributed by atoms with Crippen LogP contribution in [0.4, 0.5) is 0 Å². The lowest BCUT2D eigenvalue weighted by molar-refractivity contribution is 0.0929. The van der Waals surface area contributed by atoms with Crippen LogP contribution in [0.25, 0.3) is 0 Å². The van der Waals surface area contributed by atoms with Crippen LogP contribution in [-0.4, -0.2) is 34.7 Å². The van der Waals surface area contributed by atoms with Crippen LogP contribution in [0.15, 0.2) is 48.5 Å². The molecule has 32 heavy (non-hydrogen) atoms. The number of rotatable bonds is 6. The molecule has 2 aromatic carbocycles. The van der Waals surface area contributed by atoms with Crippen LogP contribution in [0, 0.1) is 0 Å². The third kappa shape index (κ3) is 10.7. The number of benzene rings is 2. The molecule has 6 heteroatoms. The highest BCUT2D eigenvalue weighted by atomic mass is 35.5. The van der Waals surface area contributed by atoms with Crippen LogP contribution in [0.2, 0.25) is 10.0 Å². The third-order valence-electron chi connectivity index (χ3n) is 4.30. The molecule has 0 bridgehead atoms. The molecule has 0 aromatic heterocycles. The van der Waals surface area contributed by atoms with Gasteiger partial charge in [0.15, 0.2) is 11.6 Å². The fraction of sp³-hybridized carbons (Fsp3) is 0.462. The molecule has 2 unspecified atom stereocenters. The Labute approximate surface area is 203 Å². The summed E-state index contributed by atoms with van der Waals surface area (Å²) in [5, 5.41) is 7.67. The van der Waals surface area contributed by atoms with Gasteiger partial charge >= 0.3 is 0 Å². The highest BCUT2D eigenvalue weighted by molar-refractivity contribution is 6.31. The van der Waals surface area contributed by atoms with Crippen LogP contribution in [0.5, 0.6) is 0 Å². The van der Waals surface area contributed by atoms with Gasteiger partial charge in [0, 0.05) is 32.3 Å². The van der Waals surface area contributed by atoms with Crippen molar-refractivity contribution in [2.75, 3.05) is 0 Å². The van der Waals surface area contributed by atoms with Crippen molar-refractivity contribution in [1.82, 2.24) is 10.6 Å². The first kappa shape index (κ1) is 28.3. The van der Waals surface area contributed by atoms with E-state index in [0.717, 1.165) is 0 Å². The van der Waals surface area contributed by atoms with Crippen molar-refractivity contribution in [2.24, 2.45) is 0 Å². The highest BCUT2D eigenvalue weighted by Gasteiger charge is 2.21. The zero-order valence-corrected chi connectivity index (χ0v) is 21.9. The SMILES string of the molecule is CC(NC(C)(C)C)C(=O)c1cccc(Cl)c1.CC(NC(C)(C)C)C(=O)c1cccc(Cl)c1. The first-order valence-corrected chi connectivity index (χ1v) is 11.5. The second kappa shape index (κ2) is 11.9. The predicted molar refractivity (Wildman–Crippen MR) is 136 cm³/mol. The molecule has 2 atom stereocenters. The fourth-order valence-corrected chi connectivity index (χ4v) is 3.59. The van der Waals surface area contributed by atoms with Crippen LogP contribution in [0.1, 0.15) is 76.1 Å². The number of halogens is 2. The molecular formula is C26H36Cl2N2O2. The maximum absolute atomic E-state index is 12.1. The molecule has 0 aliphatic heterocycles. The molecular weight excluding hydrogens is 443 g/mol. The number of carbonyl (C=O) groups is 2. The third-order valence-corrected chi connectivity index (χ3v) is 4.77. The van der Waals surface area contributed by atoms with Gasteiger partial charge in [0.2, 0.25) is 0 Å². The Balaban J connectivity index is 0.000000320. The maximum Gasteiger partial charge on any atom is 0.179 e. The Morgan fingerprint density at radius 1 is 0.688 bits per heavy atom. The predicted octanol–water partition coefficient (Wildman–Crippen LogP) is 6.60. The molecule has 176 valence electrons. The lowest BCUT2D eigenvalue weighted by Crippen LogP contribution is -2.46. The summed E-state index contributed by atoms with van der Waals surface area (Å²) in [4.78, 5) is 24.1. The lowest BCUT2D eigenvalue weighted by atomic mass is 10.0. The van der Waals surface area contributed by atoms with Crippen LogP contribution < -0.4 is 10.6 Å². The number of hydrogen-bond donors (Lipinski definition) is 2. The van der Waals surface area contributed by atoms with Crippen molar-refractivity contribution in [3.05, 3.63) is 69.7 Å². The fourth-order valence-electron chi connectivity index (χ4n) is 3.21. The van der Waals surface area contributed by atoms with E-state index in [-0.39, 0.29) is 34.7 Å². The van der Waals surface area contributed by atoms with Crippen LogP contribution in [0.3, 0.4) is 0 Å². The average Bonchev–Trinajstić information content (AvgIpc) is 2.64. The molecule has 0 saturated carbocycles. The van der Waals surface area contributed by atoms with Crippen LogP contribution in [-0.2, 0) is 0 Å². The molecule has 0 saturated heterocycles. The van der Waals surface area contributed by atoms with Crippen molar-refractivity contribution >= 4 is 34.8 Å². The van der Waals surface area contributed by atoms with Gasteiger partial charge in [0.05, 0.1) is 12.1 Å². The maximum atomic E-state index is 12.1. The summed E-state index contributed by atoms with van der Waals surface area (Å²) in [6.07, 6.45) is 0. The number of nitrogens with one attached hydrogen (secondary N) is 2. The molecule has 0 aliphatic rings. The Kier molecular flexibility index (Phi) is 10.6. The van der Waals surface area contributed by atoms with E-state index in [1.54, 1.807) is 48.5 Å². The van der Waals surface area contributed by atoms with Gasteiger partial charge in [-0.25, -0.2) is 0 Å². The van der Waals surface area contributed by atoms with Crippen molar-refractivity contribution in [3.63, 3.8) is 0 Å². The number of carbonyl (C=O) groups excluding carboxylic acids is 2. The summed E-state index contributed by atoms with van der Waals surface area (Å²) in [6, 6.07) is 13.7. The summed E-state index contributed by atoms with van der Waals surface area (Å²) in [5.41, 5.74) is 1.15. The average molecular weight is 479 g/mol. The first-order valence-electron chi connectivity index (χ1n) is 10.7. The number of Topliss-reactive ketones (excluding diaryl/α,β-unsaturated/α-hetero) is 2. The second-order valence-electron chi connectivity index (χ2n) is 9.98. The van der Waals surface area contributed by atoms with Crippen molar-refractivity contribution in [2.45, 2.75) is 78.6 Å². The van der Waals surface area contributed by atoms with Gasteiger partial charge in [-0.3, -0.25) is 9.59 Å². The standard InChI is InChI=1S/2C13H18ClNO/c2*1-9(15-13(2,3)4)12(16)10-6-5-7-11(14)8-10/h2*5-9,15H,1-4H3. The second-order valence-corrected chi connectivity index (χ2v) is 10.9. The zero-order chi connectivity index (χ0) is 24.7. The monoisotopic (exact) mass is 478 g/mol. The first-order chi connectivity index (χ1) is 14.6. The van der Waals surface area contributed by atoms with E-state index in [1.165, 1.54) is 0 Å². The van der Waals surface area contributed by atoms with Gasteiger partial charge in [-0.2, -0.15) is 0 Å². The molecule has 0 spiro atoms. The van der Waals surface area contributed by atoms with E-state index in [4.69, 9.17) is 23.2 Å². The Bertz CT molecular complexity index is 839. The van der Waals surface area contributed by atoms with Crippen molar-refractivity contribution in [1.29, 1.82) is 0 Å². The van der Waals surface area contributed by atoms with E-state index in [0.29, 0.717) is 21.2 Å². The minimum Gasteiger partial charge on any atom is -0.303 e. The molecule has 4 nitrogen and oxygen atoms in total. The van der Waals surface area contributed by atoms with Gasteiger partial charge in [0.1, 0.15) is 0 Å². The van der Waals surface area contributed by atoms with E-state index in [9.17, 15) is 9.59 Å². The van der Waals surface area contributed by atoms with Gasteiger partial charge < -0.3 is 10.6 Å². The summed E-state index contributed by atoms with van der Waals surface area (Å²) in [7, 11) is 0. The Hall–Kier alpha value is -1.72. The van der Waals surface area contributed by atoms with Crippen molar-refractivity contribution < 1.29 is 9.59 Å². The minimum absolute atomic E-state index is 0.0671. The molecule has 0 amide bonds. The zero-order valence-electron chi connectivity index (χ0n) is 20.3. The van der Waals surface area contributed by atoms with Crippen LogP contribution >= 0.6 is 23.2 Å². The quantitative estimate of drug-likeness (QED) is 0.459. The number of ketones is 2. The Morgan fingerprint density at radius 3 is 1.25 bits per heavy atom. The summed E-state index contributed by atoms with van der Waals surface area (Å²) in [5.74, 6) is 0.134. The normalized spacial score (nSPS) is 13.6. The Morgan fingerprint density at radius 2 is 1.00 bits per heavy atom. The molecule has 0 radical (unpaired) electrons. The van der Waals surface area contributed by atoms with Gasteiger partial charge in [-0.15, -0.1) is 0 Å².